The molecule has 0 spiro atoms. The quantitative estimate of drug-likeness (QED) is 0.430. The highest BCUT2D eigenvalue weighted by Crippen LogP contribution is 2.35. The summed E-state index contributed by atoms with van der Waals surface area (Å²) in [5.74, 6) is -1.63. The third-order valence-electron chi connectivity index (χ3n) is 4.07. The summed E-state index contributed by atoms with van der Waals surface area (Å²) in [6.07, 6.45) is -2.38. The molecule has 29 heavy (non-hydrogen) atoms. The van der Waals surface area contributed by atoms with E-state index >= 15 is 0 Å². The first-order valence-electron chi connectivity index (χ1n) is 8.77. The van der Waals surface area contributed by atoms with Crippen LogP contribution in [0.25, 0.3) is 0 Å². The number of pyridine rings is 1. The van der Waals surface area contributed by atoms with Crippen LogP contribution in [0, 0.1) is 5.21 Å². The van der Waals surface area contributed by atoms with Gasteiger partial charge in [0.2, 0.25) is 0 Å². The van der Waals surface area contributed by atoms with Crippen molar-refractivity contribution in [1.29, 1.82) is 0 Å². The average molecular weight is 411 g/mol. The lowest BCUT2D eigenvalue weighted by Gasteiger charge is -2.25. The molecular formula is C19H20F3N3O4. The number of amides is 1. The minimum Gasteiger partial charge on any atom is -0.619 e. The maximum atomic E-state index is 13.1. The van der Waals surface area contributed by atoms with E-state index in [1.54, 1.807) is 4.90 Å². The summed E-state index contributed by atoms with van der Waals surface area (Å²) < 4.78 is 44.5. The molecule has 0 unspecified atom stereocenters. The van der Waals surface area contributed by atoms with Gasteiger partial charge in [-0.05, 0) is 32.0 Å². The van der Waals surface area contributed by atoms with Crippen molar-refractivity contribution in [3.63, 3.8) is 0 Å². The lowest BCUT2D eigenvalue weighted by atomic mass is 10.1. The fourth-order valence-electron chi connectivity index (χ4n) is 2.60. The normalized spacial score (nSPS) is 11.1. The molecule has 7 nitrogen and oxygen atoms in total. The van der Waals surface area contributed by atoms with Crippen molar-refractivity contribution in [2.24, 2.45) is 0 Å². The molecule has 0 aliphatic rings. The number of hydrogen-bond donors (Lipinski definition) is 1. The maximum Gasteiger partial charge on any atom is 0.416 e. The van der Waals surface area contributed by atoms with E-state index in [1.807, 2.05) is 13.8 Å². The van der Waals surface area contributed by atoms with E-state index in [0.717, 1.165) is 24.5 Å². The Labute approximate surface area is 165 Å². The lowest BCUT2D eigenvalue weighted by Crippen LogP contribution is -2.27. The number of carbonyl (C=O) groups excluding carboxylic acids is 2. The number of benzene rings is 1. The Morgan fingerprint density at radius 1 is 1.14 bits per heavy atom. The average Bonchev–Trinajstić information content (AvgIpc) is 2.67. The first-order valence-corrected chi connectivity index (χ1v) is 8.77. The van der Waals surface area contributed by atoms with E-state index in [9.17, 15) is 28.0 Å². The zero-order valence-electron chi connectivity index (χ0n) is 15.8. The molecule has 0 saturated carbocycles. The van der Waals surface area contributed by atoms with Crippen molar-refractivity contribution in [3.8, 4) is 0 Å². The van der Waals surface area contributed by atoms with Gasteiger partial charge in [-0.25, -0.2) is 4.79 Å². The van der Waals surface area contributed by atoms with Gasteiger partial charge in [0.25, 0.3) is 5.91 Å². The molecule has 0 saturated heterocycles. The summed E-state index contributed by atoms with van der Waals surface area (Å²) in [7, 11) is 0. The Morgan fingerprint density at radius 3 is 2.31 bits per heavy atom. The number of aromatic nitrogens is 1. The van der Waals surface area contributed by atoms with Crippen LogP contribution < -0.4 is 14.9 Å². The first-order chi connectivity index (χ1) is 13.7. The molecule has 0 aliphatic carbocycles. The number of esters is 1. The monoisotopic (exact) mass is 411 g/mol. The van der Waals surface area contributed by atoms with Crippen LogP contribution in [0.3, 0.4) is 0 Å². The molecule has 2 aromatic rings. The highest BCUT2D eigenvalue weighted by Gasteiger charge is 2.31. The van der Waals surface area contributed by atoms with Crippen molar-refractivity contribution in [3.05, 3.63) is 59.1 Å². The summed E-state index contributed by atoms with van der Waals surface area (Å²) in [6, 6.07) is 5.52. The Hall–Kier alpha value is -3.30. The van der Waals surface area contributed by atoms with Crippen LogP contribution in [-0.2, 0) is 15.7 Å². The van der Waals surface area contributed by atoms with Gasteiger partial charge in [0.15, 0.2) is 19.0 Å². The molecule has 1 aromatic heterocycles. The lowest BCUT2D eigenvalue weighted by molar-refractivity contribution is -0.605. The number of alkyl halides is 3. The van der Waals surface area contributed by atoms with Crippen LogP contribution >= 0.6 is 0 Å². The number of halogens is 3. The van der Waals surface area contributed by atoms with Gasteiger partial charge in [0, 0.05) is 25.2 Å². The van der Waals surface area contributed by atoms with Crippen molar-refractivity contribution in [2.45, 2.75) is 20.0 Å². The van der Waals surface area contributed by atoms with Gasteiger partial charge in [-0.2, -0.15) is 17.9 Å². The van der Waals surface area contributed by atoms with Crippen LogP contribution in [0.5, 0.6) is 0 Å². The van der Waals surface area contributed by atoms with Crippen molar-refractivity contribution >= 4 is 23.3 Å². The minimum absolute atomic E-state index is 0.0309. The number of ether oxygens (including phenoxy) is 1. The van der Waals surface area contributed by atoms with Crippen LogP contribution in [0.1, 0.15) is 29.8 Å². The van der Waals surface area contributed by atoms with Gasteiger partial charge in [-0.15, -0.1) is 0 Å². The second-order valence-electron chi connectivity index (χ2n) is 5.97. The third-order valence-corrected chi connectivity index (χ3v) is 4.07. The number of carbonyl (C=O) groups is 2. The van der Waals surface area contributed by atoms with Gasteiger partial charge in [-0.3, -0.25) is 4.79 Å². The van der Waals surface area contributed by atoms with Crippen molar-refractivity contribution in [1.82, 2.24) is 0 Å². The molecule has 1 heterocycles. The largest absolute Gasteiger partial charge is 0.619 e. The molecular weight excluding hydrogens is 391 g/mol. The first kappa shape index (κ1) is 22.0. The second-order valence-corrected chi connectivity index (χ2v) is 5.97. The topological polar surface area (TPSA) is 85.6 Å². The zero-order valence-corrected chi connectivity index (χ0v) is 15.8. The van der Waals surface area contributed by atoms with E-state index in [0.29, 0.717) is 23.5 Å². The summed E-state index contributed by atoms with van der Waals surface area (Å²) in [6.45, 7) is 4.01. The highest BCUT2D eigenvalue weighted by molar-refractivity contribution is 5.97. The molecule has 2 rings (SSSR count). The highest BCUT2D eigenvalue weighted by atomic mass is 19.4. The molecule has 0 bridgehead atoms. The van der Waals surface area contributed by atoms with E-state index in [1.165, 1.54) is 18.2 Å². The predicted molar refractivity (Wildman–Crippen MR) is 99.3 cm³/mol. The van der Waals surface area contributed by atoms with E-state index in [2.05, 4.69) is 5.32 Å². The zero-order chi connectivity index (χ0) is 21.6. The van der Waals surface area contributed by atoms with Crippen molar-refractivity contribution < 1.29 is 32.2 Å². The predicted octanol–water partition coefficient (Wildman–Crippen LogP) is 2.98. The molecule has 10 heteroatoms. The Morgan fingerprint density at radius 2 is 1.76 bits per heavy atom. The smallest absolute Gasteiger partial charge is 0.416 e. The van der Waals surface area contributed by atoms with Gasteiger partial charge in [0.05, 0.1) is 22.5 Å². The molecule has 1 N–H and O–H groups in total. The molecule has 0 radical (unpaired) electrons. The maximum absolute atomic E-state index is 13.1. The van der Waals surface area contributed by atoms with E-state index < -0.39 is 30.2 Å². The van der Waals surface area contributed by atoms with Crippen LogP contribution in [0.15, 0.2) is 42.7 Å². The fourth-order valence-corrected chi connectivity index (χ4v) is 2.60. The summed E-state index contributed by atoms with van der Waals surface area (Å²) in [5, 5.41) is 13.3. The summed E-state index contributed by atoms with van der Waals surface area (Å²) in [4.78, 5) is 25.8. The molecule has 1 amide bonds. The number of hydrogen-bond acceptors (Lipinski definition) is 5. The number of nitrogens with one attached hydrogen (secondary N) is 1. The molecule has 1 aromatic carbocycles. The SMILES string of the molecule is CCN(CC)c1ccc(C(F)(F)F)cc1NC(=O)COC(=O)c1cc[n+]([O-])cc1. The molecule has 0 aliphatic heterocycles. The number of rotatable bonds is 7. The second kappa shape index (κ2) is 9.26. The van der Waals surface area contributed by atoms with Gasteiger partial charge in [0.1, 0.15) is 0 Å². The summed E-state index contributed by atoms with van der Waals surface area (Å²) >= 11 is 0. The van der Waals surface area contributed by atoms with E-state index in [-0.39, 0.29) is 11.3 Å². The van der Waals surface area contributed by atoms with Gasteiger partial charge in [-0.1, -0.05) is 0 Å². The standard InChI is InChI=1S/C19H20F3N3O4/c1-3-24(4-2)16-6-5-14(19(20,21)22)11-15(16)23-17(26)12-29-18(27)13-7-9-25(28)10-8-13/h5-11H,3-4,12H2,1-2H3,(H,23,26). The Bertz CT molecular complexity index is 866. The Balaban J connectivity index is 2.14. The van der Waals surface area contributed by atoms with E-state index in [4.69, 9.17) is 4.74 Å². The minimum atomic E-state index is -4.57. The number of nitrogens with zero attached hydrogens (tertiary/aromatic N) is 2. The van der Waals surface area contributed by atoms with Gasteiger partial charge >= 0.3 is 12.1 Å². The van der Waals surface area contributed by atoms with Crippen molar-refractivity contribution in [2.75, 3.05) is 29.9 Å². The van der Waals surface area contributed by atoms with Crippen LogP contribution in [-0.4, -0.2) is 31.6 Å². The third kappa shape index (κ3) is 5.84. The number of anilines is 2. The fraction of sp³-hybridized carbons (Fsp3) is 0.316. The molecule has 0 atom stereocenters. The molecule has 156 valence electrons. The summed E-state index contributed by atoms with van der Waals surface area (Å²) in [5.41, 5.74) is -0.453. The van der Waals surface area contributed by atoms with Crippen LogP contribution in [0.2, 0.25) is 0 Å². The van der Waals surface area contributed by atoms with Gasteiger partial charge < -0.3 is 20.2 Å². The van der Waals surface area contributed by atoms with Crippen LogP contribution in [0.4, 0.5) is 24.5 Å². The molecule has 0 fully saturated rings. The Kier molecular flexibility index (Phi) is 7.03.